The maximum Gasteiger partial charge on any atom is 0.149 e. The molecule has 0 saturated carbocycles. The molecular weight excluding hydrogens is 270 g/mol. The summed E-state index contributed by atoms with van der Waals surface area (Å²) in [6.07, 6.45) is 2.88. The molecule has 0 radical (unpaired) electrons. The Labute approximate surface area is 129 Å². The van der Waals surface area contributed by atoms with Gasteiger partial charge in [0.2, 0.25) is 0 Å². The van der Waals surface area contributed by atoms with Crippen LogP contribution in [0, 0.1) is 18.3 Å². The standard InChI is InChI=1S/C19H17N3/c1-3-14-5-7-15(8-6-14)11-16(12-20)19-21-17-9-4-13(2)10-18(17)22-19/h4-11H,3H2,1-2H3,(H,21,22)/b16-11+. The number of imidazole rings is 1. The molecule has 0 bridgehead atoms. The minimum Gasteiger partial charge on any atom is -0.337 e. The maximum absolute atomic E-state index is 9.44. The van der Waals surface area contributed by atoms with Gasteiger partial charge in [-0.2, -0.15) is 5.26 Å². The Morgan fingerprint density at radius 2 is 2.00 bits per heavy atom. The van der Waals surface area contributed by atoms with Gasteiger partial charge >= 0.3 is 0 Å². The number of hydrogen-bond acceptors (Lipinski definition) is 2. The first-order valence-electron chi connectivity index (χ1n) is 7.37. The number of fused-ring (bicyclic) bond motifs is 1. The zero-order valence-corrected chi connectivity index (χ0v) is 12.7. The second-order valence-corrected chi connectivity index (χ2v) is 5.37. The molecule has 0 aliphatic rings. The van der Waals surface area contributed by atoms with Gasteiger partial charge in [0.05, 0.1) is 16.6 Å². The zero-order valence-electron chi connectivity index (χ0n) is 12.7. The average Bonchev–Trinajstić information content (AvgIpc) is 2.96. The van der Waals surface area contributed by atoms with E-state index >= 15 is 0 Å². The second-order valence-electron chi connectivity index (χ2n) is 5.37. The molecule has 108 valence electrons. The highest BCUT2D eigenvalue weighted by Gasteiger charge is 2.08. The molecule has 3 heteroatoms. The molecule has 0 spiro atoms. The van der Waals surface area contributed by atoms with E-state index in [1.807, 2.05) is 43.3 Å². The first kappa shape index (κ1) is 14.1. The number of rotatable bonds is 3. The Hall–Kier alpha value is -2.86. The van der Waals surface area contributed by atoms with Crippen LogP contribution in [0.4, 0.5) is 0 Å². The smallest absolute Gasteiger partial charge is 0.149 e. The predicted octanol–water partition coefficient (Wildman–Crippen LogP) is 4.50. The third-order valence-electron chi connectivity index (χ3n) is 3.71. The monoisotopic (exact) mass is 287 g/mol. The van der Waals surface area contributed by atoms with Crippen molar-refractivity contribution >= 4 is 22.7 Å². The van der Waals surface area contributed by atoms with Crippen molar-refractivity contribution in [2.45, 2.75) is 20.3 Å². The molecule has 1 aromatic heterocycles. The van der Waals surface area contributed by atoms with E-state index in [0.717, 1.165) is 23.0 Å². The average molecular weight is 287 g/mol. The molecule has 0 amide bonds. The van der Waals surface area contributed by atoms with Gasteiger partial charge in [-0.05, 0) is 48.2 Å². The van der Waals surface area contributed by atoms with E-state index in [0.29, 0.717) is 11.4 Å². The Morgan fingerprint density at radius 1 is 1.23 bits per heavy atom. The van der Waals surface area contributed by atoms with Crippen LogP contribution >= 0.6 is 0 Å². The number of H-pyrrole nitrogens is 1. The van der Waals surface area contributed by atoms with Crippen molar-refractivity contribution in [3.8, 4) is 6.07 Å². The normalized spacial score (nSPS) is 11.6. The molecule has 1 heterocycles. The fourth-order valence-electron chi connectivity index (χ4n) is 2.42. The molecule has 0 aliphatic carbocycles. The van der Waals surface area contributed by atoms with Crippen molar-refractivity contribution in [3.63, 3.8) is 0 Å². The quantitative estimate of drug-likeness (QED) is 0.721. The first-order chi connectivity index (χ1) is 10.7. The number of allylic oxidation sites excluding steroid dienone is 1. The van der Waals surface area contributed by atoms with Gasteiger partial charge in [-0.15, -0.1) is 0 Å². The number of aromatic amines is 1. The van der Waals surface area contributed by atoms with Crippen LogP contribution in [0.1, 0.15) is 29.4 Å². The fraction of sp³-hybridized carbons (Fsp3) is 0.158. The molecule has 3 aromatic rings. The van der Waals surface area contributed by atoms with E-state index < -0.39 is 0 Å². The Morgan fingerprint density at radius 3 is 2.68 bits per heavy atom. The molecular formula is C19H17N3. The number of aromatic nitrogens is 2. The van der Waals surface area contributed by atoms with Gasteiger partial charge < -0.3 is 4.98 Å². The highest BCUT2D eigenvalue weighted by Crippen LogP contribution is 2.20. The van der Waals surface area contributed by atoms with Crippen LogP contribution in [-0.2, 0) is 6.42 Å². The minimum absolute atomic E-state index is 0.540. The van der Waals surface area contributed by atoms with E-state index in [2.05, 4.69) is 35.1 Å². The van der Waals surface area contributed by atoms with E-state index in [-0.39, 0.29) is 0 Å². The van der Waals surface area contributed by atoms with Crippen LogP contribution in [0.3, 0.4) is 0 Å². The van der Waals surface area contributed by atoms with Crippen molar-refractivity contribution in [2.75, 3.05) is 0 Å². The number of nitriles is 1. The summed E-state index contributed by atoms with van der Waals surface area (Å²) in [5.74, 6) is 0.614. The summed E-state index contributed by atoms with van der Waals surface area (Å²) >= 11 is 0. The van der Waals surface area contributed by atoms with Crippen LogP contribution in [0.15, 0.2) is 42.5 Å². The summed E-state index contributed by atoms with van der Waals surface area (Å²) < 4.78 is 0. The number of hydrogen-bond donors (Lipinski definition) is 1. The van der Waals surface area contributed by atoms with Crippen LogP contribution in [-0.4, -0.2) is 9.97 Å². The van der Waals surface area contributed by atoms with Crippen molar-refractivity contribution in [1.29, 1.82) is 5.26 Å². The number of aryl methyl sites for hydroxylation is 2. The third kappa shape index (κ3) is 2.77. The third-order valence-corrected chi connectivity index (χ3v) is 3.71. The summed E-state index contributed by atoms with van der Waals surface area (Å²) in [5, 5.41) is 9.44. The second kappa shape index (κ2) is 5.87. The van der Waals surface area contributed by atoms with Gasteiger partial charge in [-0.25, -0.2) is 4.98 Å². The Bertz CT molecular complexity index is 877. The van der Waals surface area contributed by atoms with Gasteiger partial charge in [-0.1, -0.05) is 37.3 Å². The lowest BCUT2D eigenvalue weighted by atomic mass is 10.1. The van der Waals surface area contributed by atoms with Crippen molar-refractivity contribution < 1.29 is 0 Å². The molecule has 0 saturated heterocycles. The van der Waals surface area contributed by atoms with E-state index in [4.69, 9.17) is 0 Å². The fourth-order valence-corrected chi connectivity index (χ4v) is 2.42. The predicted molar refractivity (Wildman–Crippen MR) is 90.1 cm³/mol. The molecule has 0 atom stereocenters. The minimum atomic E-state index is 0.540. The van der Waals surface area contributed by atoms with Crippen LogP contribution in [0.25, 0.3) is 22.7 Å². The molecule has 0 unspecified atom stereocenters. The van der Waals surface area contributed by atoms with Gasteiger partial charge in [0, 0.05) is 0 Å². The highest BCUT2D eigenvalue weighted by atomic mass is 14.9. The van der Waals surface area contributed by atoms with Gasteiger partial charge in [-0.3, -0.25) is 0 Å². The van der Waals surface area contributed by atoms with E-state index in [9.17, 15) is 5.26 Å². The maximum atomic E-state index is 9.44. The molecule has 0 aliphatic heterocycles. The molecule has 1 N–H and O–H groups in total. The van der Waals surface area contributed by atoms with Gasteiger partial charge in [0.25, 0.3) is 0 Å². The lowest BCUT2D eigenvalue weighted by Gasteiger charge is -1.98. The highest BCUT2D eigenvalue weighted by molar-refractivity contribution is 5.90. The summed E-state index contributed by atoms with van der Waals surface area (Å²) in [6.45, 7) is 4.16. The lowest BCUT2D eigenvalue weighted by Crippen LogP contribution is -1.85. The summed E-state index contributed by atoms with van der Waals surface area (Å²) in [6, 6.07) is 16.5. The Kier molecular flexibility index (Phi) is 3.76. The summed E-state index contributed by atoms with van der Waals surface area (Å²) in [7, 11) is 0. The van der Waals surface area contributed by atoms with Crippen molar-refractivity contribution in [2.24, 2.45) is 0 Å². The molecule has 0 fully saturated rings. The molecule has 2 aromatic carbocycles. The largest absolute Gasteiger partial charge is 0.337 e. The zero-order chi connectivity index (χ0) is 15.5. The van der Waals surface area contributed by atoms with Crippen molar-refractivity contribution in [1.82, 2.24) is 9.97 Å². The van der Waals surface area contributed by atoms with Gasteiger partial charge in [0.1, 0.15) is 11.9 Å². The molecule has 3 nitrogen and oxygen atoms in total. The number of nitrogens with zero attached hydrogens (tertiary/aromatic N) is 2. The topological polar surface area (TPSA) is 52.5 Å². The number of nitrogens with one attached hydrogen (secondary N) is 1. The van der Waals surface area contributed by atoms with Gasteiger partial charge in [0.15, 0.2) is 0 Å². The summed E-state index contributed by atoms with van der Waals surface area (Å²) in [4.78, 5) is 7.74. The lowest BCUT2D eigenvalue weighted by molar-refractivity contribution is 1.14. The first-order valence-corrected chi connectivity index (χ1v) is 7.37. The molecule has 3 rings (SSSR count). The summed E-state index contributed by atoms with van der Waals surface area (Å²) in [5.41, 5.74) is 5.83. The van der Waals surface area contributed by atoms with Crippen molar-refractivity contribution in [3.05, 3.63) is 65.0 Å². The van der Waals surface area contributed by atoms with E-state index in [1.54, 1.807) is 0 Å². The van der Waals surface area contributed by atoms with Crippen LogP contribution in [0.2, 0.25) is 0 Å². The Balaban J connectivity index is 2.01. The number of benzene rings is 2. The molecule has 22 heavy (non-hydrogen) atoms. The van der Waals surface area contributed by atoms with Crippen LogP contribution < -0.4 is 0 Å². The van der Waals surface area contributed by atoms with Crippen LogP contribution in [0.5, 0.6) is 0 Å². The van der Waals surface area contributed by atoms with E-state index in [1.165, 1.54) is 11.1 Å². The SMILES string of the molecule is CCc1ccc(/C=C(\C#N)c2nc3ccc(C)cc3[nH]2)cc1.